The van der Waals surface area contributed by atoms with Crippen LogP contribution in [0.3, 0.4) is 0 Å². The highest BCUT2D eigenvalue weighted by atomic mass is 16.5. The molecule has 1 aromatic carbocycles. The summed E-state index contributed by atoms with van der Waals surface area (Å²) in [5.74, 6) is 0.489. The molecule has 1 fully saturated rings. The SMILES string of the molecule is COc1ccc(-n2c(C)cc(C(=O)NCCCN3CCCC(C(N)=O)C3)c2C)cc1. The van der Waals surface area contributed by atoms with Gasteiger partial charge in [-0.15, -0.1) is 0 Å². The number of aromatic nitrogens is 1. The van der Waals surface area contributed by atoms with Crippen LogP contribution in [0.5, 0.6) is 5.75 Å². The maximum Gasteiger partial charge on any atom is 0.253 e. The Balaban J connectivity index is 1.55. The van der Waals surface area contributed by atoms with Crippen molar-refractivity contribution in [2.24, 2.45) is 11.7 Å². The number of carbonyl (C=O) groups is 2. The van der Waals surface area contributed by atoms with Crippen LogP contribution in [0.25, 0.3) is 5.69 Å². The van der Waals surface area contributed by atoms with Gasteiger partial charge in [0.1, 0.15) is 5.75 Å². The van der Waals surface area contributed by atoms with Gasteiger partial charge < -0.3 is 25.3 Å². The highest BCUT2D eigenvalue weighted by Crippen LogP contribution is 2.23. The van der Waals surface area contributed by atoms with Crippen LogP contribution >= 0.6 is 0 Å². The predicted molar refractivity (Wildman–Crippen MR) is 117 cm³/mol. The molecule has 3 rings (SSSR count). The number of nitrogens with one attached hydrogen (secondary N) is 1. The van der Waals surface area contributed by atoms with Gasteiger partial charge in [0.15, 0.2) is 0 Å². The number of hydrogen-bond donors (Lipinski definition) is 2. The lowest BCUT2D eigenvalue weighted by molar-refractivity contribution is -0.123. The summed E-state index contributed by atoms with van der Waals surface area (Å²) in [5, 5.41) is 3.03. The number of ether oxygens (including phenoxy) is 1. The molecule has 1 unspecified atom stereocenters. The van der Waals surface area contributed by atoms with Crippen molar-refractivity contribution in [3.05, 3.63) is 47.3 Å². The normalized spacial score (nSPS) is 17.0. The van der Waals surface area contributed by atoms with E-state index < -0.39 is 0 Å². The standard InChI is InChI=1S/C23H32N4O3/c1-16-14-21(17(2)27(16)19-7-9-20(30-3)10-8-19)23(29)25-11-5-13-26-12-4-6-18(15-26)22(24)28/h7-10,14,18H,4-6,11-13,15H2,1-3H3,(H2,24,28)(H,25,29). The van der Waals surface area contributed by atoms with Crippen LogP contribution in [0.2, 0.25) is 0 Å². The van der Waals surface area contributed by atoms with Gasteiger partial charge in [0.05, 0.1) is 18.6 Å². The lowest BCUT2D eigenvalue weighted by atomic mass is 9.97. The van der Waals surface area contributed by atoms with Crippen LogP contribution in [0.4, 0.5) is 0 Å². The number of likely N-dealkylation sites (tertiary alicyclic amines) is 1. The van der Waals surface area contributed by atoms with Crippen molar-refractivity contribution in [3.8, 4) is 11.4 Å². The zero-order valence-corrected chi connectivity index (χ0v) is 18.1. The first kappa shape index (κ1) is 21.9. The molecular weight excluding hydrogens is 380 g/mol. The monoisotopic (exact) mass is 412 g/mol. The van der Waals surface area contributed by atoms with Crippen LogP contribution in [0, 0.1) is 19.8 Å². The van der Waals surface area contributed by atoms with E-state index in [4.69, 9.17) is 10.5 Å². The van der Waals surface area contributed by atoms with Gasteiger partial charge in [-0.25, -0.2) is 0 Å². The number of primary amides is 1. The summed E-state index contributed by atoms with van der Waals surface area (Å²) in [7, 11) is 1.64. The minimum Gasteiger partial charge on any atom is -0.497 e. The first-order valence-corrected chi connectivity index (χ1v) is 10.5. The summed E-state index contributed by atoms with van der Waals surface area (Å²) >= 11 is 0. The number of nitrogens with two attached hydrogens (primary N) is 1. The summed E-state index contributed by atoms with van der Waals surface area (Å²) in [6.07, 6.45) is 2.72. The minimum atomic E-state index is -0.208. The van der Waals surface area contributed by atoms with Gasteiger partial charge in [-0.3, -0.25) is 9.59 Å². The Morgan fingerprint density at radius 2 is 1.97 bits per heavy atom. The molecule has 1 saturated heterocycles. The lowest BCUT2D eigenvalue weighted by Gasteiger charge is -2.31. The average Bonchev–Trinajstić information content (AvgIpc) is 3.05. The van der Waals surface area contributed by atoms with E-state index in [2.05, 4.69) is 14.8 Å². The second-order valence-electron chi connectivity index (χ2n) is 7.97. The van der Waals surface area contributed by atoms with Gasteiger partial charge in [0.25, 0.3) is 5.91 Å². The van der Waals surface area contributed by atoms with Crippen molar-refractivity contribution < 1.29 is 14.3 Å². The van der Waals surface area contributed by atoms with Crippen molar-refractivity contribution in [1.82, 2.24) is 14.8 Å². The fraction of sp³-hybridized carbons (Fsp3) is 0.478. The van der Waals surface area contributed by atoms with E-state index in [1.54, 1.807) is 7.11 Å². The molecule has 1 aliphatic heterocycles. The number of benzene rings is 1. The smallest absolute Gasteiger partial charge is 0.253 e. The third-order valence-electron chi connectivity index (χ3n) is 5.85. The molecule has 0 aliphatic carbocycles. The molecule has 3 N–H and O–H groups in total. The van der Waals surface area contributed by atoms with Gasteiger partial charge >= 0.3 is 0 Å². The van der Waals surface area contributed by atoms with Crippen molar-refractivity contribution in [3.63, 3.8) is 0 Å². The quantitative estimate of drug-likeness (QED) is 0.652. The van der Waals surface area contributed by atoms with E-state index in [-0.39, 0.29) is 17.7 Å². The van der Waals surface area contributed by atoms with Gasteiger partial charge in [-0.2, -0.15) is 0 Å². The molecule has 7 nitrogen and oxygen atoms in total. The molecule has 1 aliphatic rings. The Bertz CT molecular complexity index is 889. The van der Waals surface area contributed by atoms with E-state index in [0.29, 0.717) is 12.1 Å². The average molecular weight is 413 g/mol. The first-order valence-electron chi connectivity index (χ1n) is 10.5. The van der Waals surface area contributed by atoms with Crippen molar-refractivity contribution in [2.75, 3.05) is 33.3 Å². The second-order valence-corrected chi connectivity index (χ2v) is 7.97. The third-order valence-corrected chi connectivity index (χ3v) is 5.85. The summed E-state index contributed by atoms with van der Waals surface area (Å²) in [6.45, 7) is 7.13. The molecular formula is C23H32N4O3. The van der Waals surface area contributed by atoms with Crippen molar-refractivity contribution in [1.29, 1.82) is 0 Å². The third kappa shape index (κ3) is 5.02. The number of nitrogens with zero attached hydrogens (tertiary/aromatic N) is 2. The molecule has 30 heavy (non-hydrogen) atoms. The number of piperidine rings is 1. The largest absolute Gasteiger partial charge is 0.497 e. The second kappa shape index (κ2) is 9.80. The van der Waals surface area contributed by atoms with Crippen LogP contribution in [0.15, 0.2) is 30.3 Å². The van der Waals surface area contributed by atoms with E-state index in [1.165, 1.54) is 0 Å². The zero-order valence-electron chi connectivity index (χ0n) is 18.1. The Kier molecular flexibility index (Phi) is 7.15. The number of rotatable bonds is 8. The maximum absolute atomic E-state index is 12.7. The molecule has 162 valence electrons. The van der Waals surface area contributed by atoms with Crippen LogP contribution in [0.1, 0.15) is 41.0 Å². The molecule has 2 heterocycles. The Hall–Kier alpha value is -2.80. The van der Waals surface area contributed by atoms with Crippen molar-refractivity contribution in [2.45, 2.75) is 33.1 Å². The molecule has 0 spiro atoms. The zero-order chi connectivity index (χ0) is 21.7. The van der Waals surface area contributed by atoms with Crippen molar-refractivity contribution >= 4 is 11.8 Å². The minimum absolute atomic E-state index is 0.0447. The topological polar surface area (TPSA) is 89.6 Å². The maximum atomic E-state index is 12.7. The number of carbonyl (C=O) groups excluding carboxylic acids is 2. The molecule has 7 heteroatoms. The van der Waals surface area contributed by atoms with E-state index in [1.807, 2.05) is 44.2 Å². The van der Waals surface area contributed by atoms with Crippen LogP contribution in [-0.4, -0.2) is 54.6 Å². The van der Waals surface area contributed by atoms with Crippen LogP contribution in [-0.2, 0) is 4.79 Å². The number of amides is 2. The molecule has 2 aromatic rings. The molecule has 1 atom stereocenters. The lowest BCUT2D eigenvalue weighted by Crippen LogP contribution is -2.42. The van der Waals surface area contributed by atoms with Gasteiger partial charge in [-0.05, 0) is 76.5 Å². The van der Waals surface area contributed by atoms with E-state index in [0.717, 1.165) is 61.7 Å². The molecule has 0 radical (unpaired) electrons. The summed E-state index contributed by atoms with van der Waals surface area (Å²) < 4.78 is 7.30. The van der Waals surface area contributed by atoms with Gasteiger partial charge in [0, 0.05) is 30.2 Å². The predicted octanol–water partition coefficient (Wildman–Crippen LogP) is 2.42. The summed E-state index contributed by atoms with van der Waals surface area (Å²) in [6, 6.07) is 9.72. The Morgan fingerprint density at radius 3 is 2.63 bits per heavy atom. The van der Waals surface area contributed by atoms with Gasteiger partial charge in [0.2, 0.25) is 5.91 Å². The molecule has 0 saturated carbocycles. The fourth-order valence-corrected chi connectivity index (χ4v) is 4.21. The summed E-state index contributed by atoms with van der Waals surface area (Å²) in [5.41, 5.74) is 9.05. The highest BCUT2D eigenvalue weighted by Gasteiger charge is 2.23. The number of methoxy groups -OCH3 is 1. The molecule has 1 aromatic heterocycles. The Morgan fingerprint density at radius 1 is 1.23 bits per heavy atom. The van der Waals surface area contributed by atoms with Gasteiger partial charge in [-0.1, -0.05) is 0 Å². The summed E-state index contributed by atoms with van der Waals surface area (Å²) in [4.78, 5) is 26.4. The highest BCUT2D eigenvalue weighted by molar-refractivity contribution is 5.95. The number of aryl methyl sites for hydroxylation is 1. The first-order chi connectivity index (χ1) is 14.4. The van der Waals surface area contributed by atoms with Crippen LogP contribution < -0.4 is 15.8 Å². The fourth-order valence-electron chi connectivity index (χ4n) is 4.21. The Labute approximate surface area is 178 Å². The molecule has 0 bridgehead atoms. The van der Waals surface area contributed by atoms with E-state index >= 15 is 0 Å². The number of hydrogen-bond acceptors (Lipinski definition) is 4. The van der Waals surface area contributed by atoms with E-state index in [9.17, 15) is 9.59 Å². The molecule has 2 amide bonds.